The number of aliphatic hydroxyl groups is 1. The summed E-state index contributed by atoms with van der Waals surface area (Å²) >= 11 is 1.11. The van der Waals surface area contributed by atoms with Crippen molar-refractivity contribution < 1.29 is 19.8 Å². The molecule has 0 aromatic carbocycles. The normalized spacial score (nSPS) is 14.1. The van der Waals surface area contributed by atoms with Gasteiger partial charge in [-0.05, 0) is 18.4 Å². The van der Waals surface area contributed by atoms with Gasteiger partial charge in [0.2, 0.25) is 0 Å². The maximum atomic E-state index is 11.6. The zero-order valence-electron chi connectivity index (χ0n) is 8.51. The fourth-order valence-corrected chi connectivity index (χ4v) is 1.82. The fraction of sp³-hybridized carbons (Fsp3) is 0.333. The Balaban J connectivity index is 2.77. The van der Waals surface area contributed by atoms with E-state index in [-0.39, 0.29) is 10.6 Å². The first-order chi connectivity index (χ1) is 7.43. The van der Waals surface area contributed by atoms with Crippen molar-refractivity contribution in [2.24, 2.45) is 0 Å². The van der Waals surface area contributed by atoms with E-state index in [0.717, 1.165) is 11.3 Å². The first-order valence-corrected chi connectivity index (χ1v) is 5.36. The number of nitrogens with two attached hydrogens (primary N) is 1. The lowest BCUT2D eigenvalue weighted by molar-refractivity contribution is -0.141. The highest BCUT2D eigenvalue weighted by atomic mass is 32.1. The molecule has 0 bridgehead atoms. The van der Waals surface area contributed by atoms with Crippen LogP contribution in [0.1, 0.15) is 16.6 Å². The molecule has 16 heavy (non-hydrogen) atoms. The van der Waals surface area contributed by atoms with Gasteiger partial charge in [-0.15, -0.1) is 11.3 Å². The van der Waals surface area contributed by atoms with Gasteiger partial charge in [0.1, 0.15) is 4.88 Å². The number of aliphatic carboxylic acids is 1. The van der Waals surface area contributed by atoms with Crippen molar-refractivity contribution in [3.8, 4) is 0 Å². The third-order valence-electron chi connectivity index (χ3n) is 1.94. The SMILES string of the molecule is C[C@@H](O)[C@H](NC(=O)c1sccc1N)C(=O)O. The van der Waals surface area contributed by atoms with Gasteiger partial charge in [-0.3, -0.25) is 4.79 Å². The van der Waals surface area contributed by atoms with Crippen LogP contribution in [0.2, 0.25) is 0 Å². The van der Waals surface area contributed by atoms with Crippen molar-refractivity contribution in [2.75, 3.05) is 5.73 Å². The molecule has 0 unspecified atom stereocenters. The quantitative estimate of drug-likeness (QED) is 0.590. The van der Waals surface area contributed by atoms with Crippen molar-refractivity contribution in [2.45, 2.75) is 19.1 Å². The maximum Gasteiger partial charge on any atom is 0.328 e. The first kappa shape index (κ1) is 12.5. The van der Waals surface area contributed by atoms with Crippen LogP contribution in [-0.2, 0) is 4.79 Å². The topological polar surface area (TPSA) is 113 Å². The first-order valence-electron chi connectivity index (χ1n) is 4.48. The van der Waals surface area contributed by atoms with Gasteiger partial charge < -0.3 is 21.3 Å². The molecule has 0 fully saturated rings. The van der Waals surface area contributed by atoms with E-state index in [1.54, 1.807) is 11.4 Å². The van der Waals surface area contributed by atoms with Crippen LogP contribution in [0.3, 0.4) is 0 Å². The van der Waals surface area contributed by atoms with Gasteiger partial charge in [-0.1, -0.05) is 0 Å². The van der Waals surface area contributed by atoms with Crippen molar-refractivity contribution in [3.05, 3.63) is 16.3 Å². The van der Waals surface area contributed by atoms with Gasteiger partial charge >= 0.3 is 5.97 Å². The number of nitrogens with one attached hydrogen (secondary N) is 1. The molecule has 0 saturated carbocycles. The number of carboxylic acid groups (broad SMARTS) is 1. The number of nitrogen functional groups attached to an aromatic ring is 1. The van der Waals surface area contributed by atoms with Crippen LogP contribution in [0.5, 0.6) is 0 Å². The predicted octanol–water partition coefficient (Wildman–Crippen LogP) is -0.106. The predicted molar refractivity (Wildman–Crippen MR) is 59.3 cm³/mol. The number of amides is 1. The van der Waals surface area contributed by atoms with Crippen LogP contribution in [0.15, 0.2) is 11.4 Å². The average molecular weight is 244 g/mol. The molecule has 1 heterocycles. The summed E-state index contributed by atoms with van der Waals surface area (Å²) in [5.41, 5.74) is 5.80. The summed E-state index contributed by atoms with van der Waals surface area (Å²) in [6, 6.07) is 0.214. The monoisotopic (exact) mass is 244 g/mol. The molecule has 88 valence electrons. The number of hydrogen-bond acceptors (Lipinski definition) is 5. The van der Waals surface area contributed by atoms with E-state index in [1.807, 2.05) is 0 Å². The Morgan fingerprint density at radius 3 is 2.56 bits per heavy atom. The van der Waals surface area contributed by atoms with E-state index >= 15 is 0 Å². The molecule has 0 aliphatic carbocycles. The Morgan fingerprint density at radius 1 is 1.56 bits per heavy atom. The minimum Gasteiger partial charge on any atom is -0.480 e. The number of carboxylic acids is 1. The van der Waals surface area contributed by atoms with E-state index in [0.29, 0.717) is 0 Å². The second-order valence-corrected chi connectivity index (χ2v) is 4.15. The molecular formula is C9H12N2O4S. The average Bonchev–Trinajstić information content (AvgIpc) is 2.59. The number of anilines is 1. The molecule has 1 aromatic rings. The lowest BCUT2D eigenvalue weighted by Crippen LogP contribution is -2.47. The van der Waals surface area contributed by atoms with Crippen molar-refractivity contribution >= 4 is 28.9 Å². The third kappa shape index (κ3) is 2.71. The van der Waals surface area contributed by atoms with E-state index in [9.17, 15) is 14.7 Å². The summed E-state index contributed by atoms with van der Waals surface area (Å²) in [5, 5.41) is 21.8. The Bertz CT molecular complexity index is 402. The van der Waals surface area contributed by atoms with Gasteiger partial charge in [-0.2, -0.15) is 0 Å². The van der Waals surface area contributed by atoms with Crippen LogP contribution in [0, 0.1) is 0 Å². The van der Waals surface area contributed by atoms with E-state index in [1.165, 1.54) is 6.92 Å². The standard InChI is InChI=1S/C9H12N2O4S/c1-4(12)6(9(14)15)11-8(13)7-5(10)2-3-16-7/h2-4,6,12H,10H2,1H3,(H,11,13)(H,14,15)/t4-,6+/m1/s1. The minimum absolute atomic E-state index is 0.243. The van der Waals surface area contributed by atoms with Crippen molar-refractivity contribution in [3.63, 3.8) is 0 Å². The molecule has 2 atom stereocenters. The molecule has 0 aliphatic heterocycles. The van der Waals surface area contributed by atoms with Crippen molar-refractivity contribution in [1.29, 1.82) is 0 Å². The number of hydrogen-bond donors (Lipinski definition) is 4. The molecule has 0 radical (unpaired) electrons. The molecule has 0 aliphatic rings. The molecule has 1 aromatic heterocycles. The largest absolute Gasteiger partial charge is 0.480 e. The Hall–Kier alpha value is -1.60. The van der Waals surface area contributed by atoms with Gasteiger partial charge in [0.05, 0.1) is 11.8 Å². The molecule has 1 amide bonds. The summed E-state index contributed by atoms with van der Waals surface area (Å²) in [4.78, 5) is 22.6. The van der Waals surface area contributed by atoms with E-state index < -0.39 is 24.0 Å². The highest BCUT2D eigenvalue weighted by Gasteiger charge is 2.26. The Morgan fingerprint density at radius 2 is 2.19 bits per heavy atom. The van der Waals surface area contributed by atoms with Crippen LogP contribution >= 0.6 is 11.3 Å². The molecule has 5 N–H and O–H groups in total. The number of aliphatic hydroxyl groups excluding tert-OH is 1. The molecule has 1 rings (SSSR count). The number of carbonyl (C=O) groups is 2. The van der Waals surface area contributed by atoms with Gasteiger partial charge in [0.25, 0.3) is 5.91 Å². The van der Waals surface area contributed by atoms with E-state index in [4.69, 9.17) is 10.8 Å². The molecule has 0 spiro atoms. The third-order valence-corrected chi connectivity index (χ3v) is 2.87. The summed E-state index contributed by atoms with van der Waals surface area (Å²) in [5.74, 6) is -1.89. The zero-order chi connectivity index (χ0) is 12.3. The smallest absolute Gasteiger partial charge is 0.328 e. The van der Waals surface area contributed by atoms with Crippen LogP contribution < -0.4 is 11.1 Å². The van der Waals surface area contributed by atoms with Crippen LogP contribution in [-0.4, -0.2) is 34.2 Å². The number of carbonyl (C=O) groups excluding carboxylic acids is 1. The highest BCUT2D eigenvalue weighted by Crippen LogP contribution is 2.18. The number of thiophene rings is 1. The fourth-order valence-electron chi connectivity index (χ4n) is 1.10. The molecular weight excluding hydrogens is 232 g/mol. The minimum atomic E-state index is -1.34. The second-order valence-electron chi connectivity index (χ2n) is 3.24. The van der Waals surface area contributed by atoms with E-state index in [2.05, 4.69) is 5.32 Å². The Kier molecular flexibility index (Phi) is 3.86. The second kappa shape index (κ2) is 4.95. The molecule has 7 heteroatoms. The number of rotatable bonds is 4. The highest BCUT2D eigenvalue weighted by molar-refractivity contribution is 7.12. The van der Waals surface area contributed by atoms with Crippen molar-refractivity contribution in [1.82, 2.24) is 5.32 Å². The Labute approximate surface area is 95.7 Å². The van der Waals surface area contributed by atoms with Gasteiger partial charge in [-0.25, -0.2) is 4.79 Å². The summed E-state index contributed by atoms with van der Waals surface area (Å²) in [7, 11) is 0. The van der Waals surface area contributed by atoms with Gasteiger partial charge in [0, 0.05) is 0 Å². The van der Waals surface area contributed by atoms with Crippen LogP contribution in [0.4, 0.5) is 5.69 Å². The summed E-state index contributed by atoms with van der Waals surface area (Å²) in [6.07, 6.45) is -1.18. The molecule has 6 nitrogen and oxygen atoms in total. The van der Waals surface area contributed by atoms with Crippen LogP contribution in [0.25, 0.3) is 0 Å². The zero-order valence-corrected chi connectivity index (χ0v) is 9.32. The summed E-state index contributed by atoms with van der Waals surface area (Å²) < 4.78 is 0. The lowest BCUT2D eigenvalue weighted by Gasteiger charge is -2.16. The summed E-state index contributed by atoms with van der Waals surface area (Å²) in [6.45, 7) is 1.29. The molecule has 0 saturated heterocycles. The lowest BCUT2D eigenvalue weighted by atomic mass is 10.2. The maximum absolute atomic E-state index is 11.6. The van der Waals surface area contributed by atoms with Gasteiger partial charge in [0.15, 0.2) is 6.04 Å².